The fourth-order valence-corrected chi connectivity index (χ4v) is 5.44. The summed E-state index contributed by atoms with van der Waals surface area (Å²) < 4.78 is 12.6. The fourth-order valence-electron chi connectivity index (χ4n) is 5.32. The van der Waals surface area contributed by atoms with E-state index in [1.807, 2.05) is 47.4 Å². The number of nitrogens with zero attached hydrogens (tertiary/aromatic N) is 3. The number of aromatic nitrogens is 1. The van der Waals surface area contributed by atoms with Crippen molar-refractivity contribution in [2.45, 2.75) is 52.1 Å². The van der Waals surface area contributed by atoms with Crippen LogP contribution in [0.4, 0.5) is 0 Å². The molecule has 2 aromatic carbocycles. The average molecular weight is 534 g/mol. The highest BCUT2D eigenvalue weighted by molar-refractivity contribution is 6.30. The first-order valence-electron chi connectivity index (χ1n) is 13.5. The van der Waals surface area contributed by atoms with Gasteiger partial charge in [0.25, 0.3) is 5.91 Å². The van der Waals surface area contributed by atoms with E-state index < -0.39 is 0 Å². The predicted molar refractivity (Wildman–Crippen MR) is 150 cm³/mol. The molecular weight excluding hydrogens is 498 g/mol. The molecule has 0 unspecified atom stereocenters. The highest BCUT2D eigenvalue weighted by Crippen LogP contribution is 2.35. The highest BCUT2D eigenvalue weighted by Gasteiger charge is 2.29. The molecule has 3 aromatic rings. The first-order chi connectivity index (χ1) is 18.4. The number of likely N-dealkylation sites (tertiary alicyclic amines) is 1. The summed E-state index contributed by atoms with van der Waals surface area (Å²) in [7, 11) is 0. The maximum atomic E-state index is 13.0. The Morgan fingerprint density at radius 2 is 1.71 bits per heavy atom. The number of carbonyl (C=O) groups is 1. The number of hydrogen-bond acceptors (Lipinski definition) is 5. The lowest BCUT2D eigenvalue weighted by Crippen LogP contribution is -2.47. The number of amides is 1. The van der Waals surface area contributed by atoms with E-state index in [-0.39, 0.29) is 11.3 Å². The molecular formula is C31H36ClN3O3. The van der Waals surface area contributed by atoms with E-state index in [1.165, 1.54) is 0 Å². The number of benzene rings is 2. The summed E-state index contributed by atoms with van der Waals surface area (Å²) in [5.41, 5.74) is 1.78. The van der Waals surface area contributed by atoms with Crippen LogP contribution in [0.25, 0.3) is 0 Å². The molecule has 1 amide bonds. The molecule has 7 heteroatoms. The van der Waals surface area contributed by atoms with Crippen LogP contribution in [-0.4, -0.2) is 53.0 Å². The zero-order valence-electron chi connectivity index (χ0n) is 22.2. The van der Waals surface area contributed by atoms with E-state index >= 15 is 0 Å². The summed E-state index contributed by atoms with van der Waals surface area (Å²) in [6.45, 7) is 8.35. The van der Waals surface area contributed by atoms with E-state index in [2.05, 4.69) is 29.8 Å². The smallest absolute Gasteiger partial charge is 0.253 e. The largest absolute Gasteiger partial charge is 0.489 e. The zero-order chi connectivity index (χ0) is 26.5. The third-order valence-electron chi connectivity index (χ3n) is 7.56. The second-order valence-electron chi connectivity index (χ2n) is 11.1. The van der Waals surface area contributed by atoms with E-state index in [1.54, 1.807) is 18.3 Å². The van der Waals surface area contributed by atoms with Gasteiger partial charge in [0, 0.05) is 48.0 Å². The number of fused-ring (bicyclic) bond motifs is 2. The SMILES string of the molecule is CC1(C)CCCN(C2CCN(C(=O)c3ccc(Cl)cc3)CC2)Cc2cccnc2Oc2ccccc2OC1. The van der Waals surface area contributed by atoms with Crippen molar-refractivity contribution in [3.8, 4) is 17.4 Å². The summed E-state index contributed by atoms with van der Waals surface area (Å²) >= 11 is 6.01. The van der Waals surface area contributed by atoms with Crippen molar-refractivity contribution >= 4 is 17.5 Å². The van der Waals surface area contributed by atoms with Crippen molar-refractivity contribution in [3.63, 3.8) is 0 Å². The Morgan fingerprint density at radius 1 is 0.974 bits per heavy atom. The molecule has 1 aromatic heterocycles. The quantitative estimate of drug-likeness (QED) is 0.361. The average Bonchev–Trinajstić information content (AvgIpc) is 2.93. The monoisotopic (exact) mass is 533 g/mol. The fraction of sp³-hybridized carbons (Fsp3) is 0.419. The lowest BCUT2D eigenvalue weighted by atomic mass is 9.88. The molecule has 0 saturated carbocycles. The lowest BCUT2D eigenvalue weighted by molar-refractivity contribution is 0.0594. The van der Waals surface area contributed by atoms with Gasteiger partial charge < -0.3 is 14.4 Å². The van der Waals surface area contributed by atoms with Gasteiger partial charge in [-0.25, -0.2) is 4.98 Å². The number of rotatable bonds is 2. The van der Waals surface area contributed by atoms with Crippen LogP contribution in [0.1, 0.15) is 55.5 Å². The molecule has 0 bridgehead atoms. The second-order valence-corrected chi connectivity index (χ2v) is 11.5. The molecule has 38 heavy (non-hydrogen) atoms. The summed E-state index contributed by atoms with van der Waals surface area (Å²) in [5, 5.41) is 0.642. The zero-order valence-corrected chi connectivity index (χ0v) is 23.0. The summed E-state index contributed by atoms with van der Waals surface area (Å²) in [4.78, 5) is 22.2. The standard InChI is InChI=1S/C31H36ClN3O3/c1-31(2)16-6-18-35(26-14-19-34(20-15-26)30(36)23-10-12-25(32)13-11-23)21-24-7-5-17-33-29(24)38-28-9-4-3-8-27(28)37-22-31/h3-5,7-13,17,26H,6,14-16,18-22H2,1-2H3. The molecule has 2 aliphatic rings. The number of halogens is 1. The molecule has 0 spiro atoms. The van der Waals surface area contributed by atoms with Gasteiger partial charge in [0.2, 0.25) is 5.88 Å². The first-order valence-corrected chi connectivity index (χ1v) is 13.9. The van der Waals surface area contributed by atoms with Gasteiger partial charge in [-0.3, -0.25) is 9.69 Å². The normalized spacial score (nSPS) is 19.0. The Bertz CT molecular complexity index is 1240. The van der Waals surface area contributed by atoms with Gasteiger partial charge in [-0.15, -0.1) is 0 Å². The Kier molecular flexibility index (Phi) is 8.20. The molecule has 6 nitrogen and oxygen atoms in total. The third kappa shape index (κ3) is 6.48. The number of pyridine rings is 1. The van der Waals surface area contributed by atoms with Crippen molar-refractivity contribution < 1.29 is 14.3 Å². The maximum absolute atomic E-state index is 13.0. The Morgan fingerprint density at radius 3 is 2.47 bits per heavy atom. The maximum Gasteiger partial charge on any atom is 0.253 e. The molecule has 0 aliphatic carbocycles. The summed E-state index contributed by atoms with van der Waals surface area (Å²) in [6.07, 6.45) is 5.77. The summed E-state index contributed by atoms with van der Waals surface area (Å²) in [5.74, 6) is 2.12. The Labute approximate surface area is 230 Å². The molecule has 5 rings (SSSR count). The van der Waals surface area contributed by atoms with Crippen LogP contribution < -0.4 is 9.47 Å². The van der Waals surface area contributed by atoms with Gasteiger partial charge in [0.15, 0.2) is 11.5 Å². The first kappa shape index (κ1) is 26.5. The number of carbonyl (C=O) groups excluding carboxylic acids is 1. The van der Waals surface area contributed by atoms with Crippen molar-refractivity contribution in [1.29, 1.82) is 0 Å². The lowest BCUT2D eigenvalue weighted by Gasteiger charge is -2.39. The van der Waals surface area contributed by atoms with Crippen LogP contribution in [-0.2, 0) is 6.54 Å². The van der Waals surface area contributed by atoms with E-state index in [4.69, 9.17) is 21.1 Å². The minimum absolute atomic E-state index is 0.0340. The second kappa shape index (κ2) is 11.7. The van der Waals surface area contributed by atoms with E-state index in [0.717, 1.165) is 63.2 Å². The van der Waals surface area contributed by atoms with Gasteiger partial charge >= 0.3 is 0 Å². The number of ether oxygens (including phenoxy) is 2. The van der Waals surface area contributed by atoms with Crippen molar-refractivity contribution in [3.05, 3.63) is 83.0 Å². The van der Waals surface area contributed by atoms with Crippen molar-refractivity contribution in [2.24, 2.45) is 5.41 Å². The predicted octanol–water partition coefficient (Wildman–Crippen LogP) is 6.83. The van der Waals surface area contributed by atoms with Crippen molar-refractivity contribution in [2.75, 3.05) is 26.2 Å². The van der Waals surface area contributed by atoms with Crippen LogP contribution >= 0.6 is 11.6 Å². The molecule has 0 N–H and O–H groups in total. The molecule has 200 valence electrons. The molecule has 0 atom stereocenters. The van der Waals surface area contributed by atoms with Crippen LogP contribution in [0, 0.1) is 5.41 Å². The minimum atomic E-state index is 0.0340. The molecule has 2 aliphatic heterocycles. The Hall–Kier alpha value is -3.09. The van der Waals surface area contributed by atoms with Crippen LogP contribution in [0.15, 0.2) is 66.9 Å². The molecule has 3 heterocycles. The van der Waals surface area contributed by atoms with Crippen LogP contribution in [0.5, 0.6) is 17.4 Å². The Balaban J connectivity index is 1.34. The third-order valence-corrected chi connectivity index (χ3v) is 7.81. The minimum Gasteiger partial charge on any atom is -0.489 e. The molecule has 1 fully saturated rings. The molecule has 1 saturated heterocycles. The van der Waals surface area contributed by atoms with Gasteiger partial charge in [-0.05, 0) is 80.1 Å². The van der Waals surface area contributed by atoms with Gasteiger partial charge in [-0.2, -0.15) is 0 Å². The van der Waals surface area contributed by atoms with Gasteiger partial charge in [0.1, 0.15) is 0 Å². The topological polar surface area (TPSA) is 54.9 Å². The van der Waals surface area contributed by atoms with Crippen LogP contribution in [0.3, 0.4) is 0 Å². The summed E-state index contributed by atoms with van der Waals surface area (Å²) in [6, 6.07) is 19.4. The number of para-hydroxylation sites is 2. The molecule has 0 radical (unpaired) electrons. The van der Waals surface area contributed by atoms with Gasteiger partial charge in [-0.1, -0.05) is 43.6 Å². The number of piperidine rings is 1. The van der Waals surface area contributed by atoms with Crippen LogP contribution in [0.2, 0.25) is 5.02 Å². The van der Waals surface area contributed by atoms with E-state index in [0.29, 0.717) is 34.9 Å². The van der Waals surface area contributed by atoms with E-state index in [9.17, 15) is 4.79 Å². The van der Waals surface area contributed by atoms with Crippen molar-refractivity contribution in [1.82, 2.24) is 14.8 Å². The van der Waals surface area contributed by atoms with Gasteiger partial charge in [0.05, 0.1) is 6.61 Å². The highest BCUT2D eigenvalue weighted by atomic mass is 35.5. The number of hydrogen-bond donors (Lipinski definition) is 0.